The van der Waals surface area contributed by atoms with E-state index in [0.717, 1.165) is 29.6 Å². The largest absolute Gasteiger partial charge is 0.365 e. The molecule has 0 aromatic heterocycles. The fraction of sp³-hybridized carbons (Fsp3) is 0.562. The molecule has 0 radical (unpaired) electrons. The third-order valence-corrected chi connectivity index (χ3v) is 5.51. The molecule has 0 atom stereocenters. The summed E-state index contributed by atoms with van der Waals surface area (Å²) in [5.74, 6) is 1.01. The van der Waals surface area contributed by atoms with Crippen LogP contribution < -0.4 is 5.32 Å². The first-order valence-corrected chi connectivity index (χ1v) is 8.32. The second kappa shape index (κ2) is 7.11. The topological polar surface area (TPSA) is 24.4 Å². The molecule has 0 saturated heterocycles. The second-order valence-electron chi connectivity index (χ2n) is 5.39. The van der Waals surface area contributed by atoms with Crippen LogP contribution in [0.5, 0.6) is 0 Å². The number of nitrogens with zero attached hydrogens (tertiary/aromatic N) is 1. The monoisotopic (exact) mass is 294 g/mol. The van der Waals surface area contributed by atoms with E-state index in [9.17, 15) is 4.39 Å². The Morgan fingerprint density at radius 1 is 1.30 bits per heavy atom. The smallest absolute Gasteiger partial charge is 0.156 e. The van der Waals surface area contributed by atoms with E-state index in [4.69, 9.17) is 0 Å². The van der Waals surface area contributed by atoms with Crippen LogP contribution in [0.1, 0.15) is 32.3 Å². The third-order valence-electron chi connectivity index (χ3n) is 4.20. The molecule has 0 unspecified atom stereocenters. The predicted octanol–water partition coefficient (Wildman–Crippen LogP) is 3.87. The lowest BCUT2D eigenvalue weighted by Crippen LogP contribution is -2.35. The van der Waals surface area contributed by atoms with Gasteiger partial charge in [0.1, 0.15) is 5.82 Å². The summed E-state index contributed by atoms with van der Waals surface area (Å²) >= 11 is 1.80. The molecular formula is C16H23FN2S. The van der Waals surface area contributed by atoms with Crippen LogP contribution in [-0.4, -0.2) is 24.0 Å². The van der Waals surface area contributed by atoms with E-state index in [1.54, 1.807) is 17.8 Å². The van der Waals surface area contributed by atoms with Crippen molar-refractivity contribution in [2.24, 2.45) is 10.4 Å². The quantitative estimate of drug-likeness (QED) is 0.891. The zero-order valence-electron chi connectivity index (χ0n) is 12.3. The molecule has 1 aliphatic rings. The van der Waals surface area contributed by atoms with Crippen molar-refractivity contribution in [1.29, 1.82) is 0 Å². The highest BCUT2D eigenvalue weighted by atomic mass is 32.2. The third kappa shape index (κ3) is 3.75. The highest BCUT2D eigenvalue weighted by molar-refractivity contribution is 8.13. The van der Waals surface area contributed by atoms with E-state index in [0.29, 0.717) is 11.8 Å². The van der Waals surface area contributed by atoms with Crippen molar-refractivity contribution in [3.63, 3.8) is 0 Å². The van der Waals surface area contributed by atoms with Crippen molar-refractivity contribution in [1.82, 2.24) is 5.32 Å². The van der Waals surface area contributed by atoms with Crippen molar-refractivity contribution >= 4 is 16.9 Å². The van der Waals surface area contributed by atoms with E-state index in [-0.39, 0.29) is 5.82 Å². The van der Waals surface area contributed by atoms with E-state index in [2.05, 4.69) is 24.2 Å². The van der Waals surface area contributed by atoms with Gasteiger partial charge in [0.25, 0.3) is 0 Å². The van der Waals surface area contributed by atoms with Gasteiger partial charge in [0.2, 0.25) is 0 Å². The van der Waals surface area contributed by atoms with E-state index in [1.165, 1.54) is 18.9 Å². The molecule has 110 valence electrons. The Hall–Kier alpha value is -1.03. The maximum Gasteiger partial charge on any atom is 0.156 e. The predicted molar refractivity (Wildman–Crippen MR) is 85.9 cm³/mol. The Bertz CT molecular complexity index is 469. The van der Waals surface area contributed by atoms with Gasteiger partial charge < -0.3 is 5.32 Å². The van der Waals surface area contributed by atoms with Gasteiger partial charge in [0.05, 0.1) is 0 Å². The summed E-state index contributed by atoms with van der Waals surface area (Å²) < 4.78 is 13.5. The number of thioether (sulfide) groups is 1. The zero-order chi connectivity index (χ0) is 14.4. The zero-order valence-corrected chi connectivity index (χ0v) is 13.1. The Morgan fingerprint density at radius 3 is 2.65 bits per heavy atom. The van der Waals surface area contributed by atoms with E-state index >= 15 is 0 Å². The molecule has 1 aromatic rings. The Morgan fingerprint density at radius 2 is 2.05 bits per heavy atom. The summed E-state index contributed by atoms with van der Waals surface area (Å²) in [6.07, 6.45) is 3.06. The summed E-state index contributed by atoms with van der Waals surface area (Å²) in [7, 11) is 0. The van der Waals surface area contributed by atoms with Crippen LogP contribution in [0.15, 0.2) is 29.3 Å². The van der Waals surface area contributed by atoms with Crippen molar-refractivity contribution in [2.45, 2.75) is 33.1 Å². The Balaban J connectivity index is 1.81. The molecule has 0 fully saturated rings. The molecule has 0 bridgehead atoms. The van der Waals surface area contributed by atoms with Gasteiger partial charge in [-0.2, -0.15) is 0 Å². The fourth-order valence-corrected chi connectivity index (χ4v) is 3.64. The molecule has 4 heteroatoms. The van der Waals surface area contributed by atoms with Crippen LogP contribution in [0.2, 0.25) is 0 Å². The molecule has 1 aliphatic heterocycles. The highest BCUT2D eigenvalue weighted by Gasteiger charge is 2.29. The number of halogens is 1. The van der Waals surface area contributed by atoms with Crippen molar-refractivity contribution in [3.8, 4) is 0 Å². The molecule has 2 nitrogen and oxygen atoms in total. The number of aliphatic imine (C=N–C) groups is 1. The van der Waals surface area contributed by atoms with E-state index < -0.39 is 0 Å². The van der Waals surface area contributed by atoms with Crippen molar-refractivity contribution in [3.05, 3.63) is 35.6 Å². The summed E-state index contributed by atoms with van der Waals surface area (Å²) in [5.41, 5.74) is 1.14. The van der Waals surface area contributed by atoms with Gasteiger partial charge in [-0.25, -0.2) is 4.39 Å². The van der Waals surface area contributed by atoms with Gasteiger partial charge in [-0.05, 0) is 36.3 Å². The molecule has 1 heterocycles. The number of hydrogen-bond acceptors (Lipinski definition) is 3. The van der Waals surface area contributed by atoms with Crippen molar-refractivity contribution < 1.29 is 4.39 Å². The van der Waals surface area contributed by atoms with Gasteiger partial charge in [-0.1, -0.05) is 43.8 Å². The van der Waals surface area contributed by atoms with Crippen LogP contribution in [0, 0.1) is 11.2 Å². The summed E-state index contributed by atoms with van der Waals surface area (Å²) in [6, 6.07) is 6.95. The van der Waals surface area contributed by atoms with Crippen LogP contribution in [0.3, 0.4) is 0 Å². The molecular weight excluding hydrogens is 271 g/mol. The normalized spacial score (nSPS) is 17.6. The first-order chi connectivity index (χ1) is 9.69. The number of rotatable bonds is 5. The molecule has 2 rings (SSSR count). The van der Waals surface area contributed by atoms with Gasteiger partial charge in [-0.3, -0.25) is 4.99 Å². The fourth-order valence-electron chi connectivity index (χ4n) is 2.34. The molecule has 1 N–H and O–H groups in total. The SMILES string of the molecule is CCC1(CC)CN=C(NCCc2ccccc2F)SC1. The first-order valence-electron chi connectivity index (χ1n) is 7.33. The second-order valence-corrected chi connectivity index (χ2v) is 6.35. The van der Waals surface area contributed by atoms with Crippen LogP contribution in [-0.2, 0) is 6.42 Å². The van der Waals surface area contributed by atoms with Crippen molar-refractivity contribution in [2.75, 3.05) is 18.8 Å². The highest BCUT2D eigenvalue weighted by Crippen LogP contribution is 2.34. The summed E-state index contributed by atoms with van der Waals surface area (Å²) in [6.45, 7) is 6.14. The Labute approximate surface area is 125 Å². The number of amidine groups is 1. The lowest BCUT2D eigenvalue weighted by Gasteiger charge is -2.33. The lowest BCUT2D eigenvalue weighted by molar-refractivity contribution is 0.318. The lowest BCUT2D eigenvalue weighted by atomic mass is 9.84. The minimum atomic E-state index is -0.122. The summed E-state index contributed by atoms with van der Waals surface area (Å²) in [4.78, 5) is 4.65. The maximum atomic E-state index is 13.5. The number of nitrogens with one attached hydrogen (secondary N) is 1. The van der Waals surface area contributed by atoms with Gasteiger partial charge in [0, 0.05) is 18.8 Å². The number of benzene rings is 1. The molecule has 20 heavy (non-hydrogen) atoms. The van der Waals surface area contributed by atoms with Gasteiger partial charge >= 0.3 is 0 Å². The Kier molecular flexibility index (Phi) is 5.46. The average molecular weight is 294 g/mol. The standard InChI is InChI=1S/C16H23FN2S/c1-3-16(4-2)11-19-15(20-12-16)18-10-9-13-7-5-6-8-14(13)17/h5-8H,3-4,9-12H2,1-2H3,(H,18,19). The van der Waals surface area contributed by atoms with Crippen LogP contribution in [0.4, 0.5) is 4.39 Å². The number of hydrogen-bond donors (Lipinski definition) is 1. The van der Waals surface area contributed by atoms with Crippen LogP contribution in [0.25, 0.3) is 0 Å². The minimum Gasteiger partial charge on any atom is -0.365 e. The summed E-state index contributed by atoms with van der Waals surface area (Å²) in [5, 5.41) is 4.34. The average Bonchev–Trinajstić information content (AvgIpc) is 2.50. The molecule has 0 amide bonds. The molecule has 1 aromatic carbocycles. The molecule has 0 aliphatic carbocycles. The minimum absolute atomic E-state index is 0.122. The van der Waals surface area contributed by atoms with Crippen LogP contribution >= 0.6 is 11.8 Å². The molecule has 0 spiro atoms. The van der Waals surface area contributed by atoms with Gasteiger partial charge in [0.15, 0.2) is 5.17 Å². The first kappa shape index (κ1) is 15.4. The molecule has 0 saturated carbocycles. The van der Waals surface area contributed by atoms with Gasteiger partial charge in [-0.15, -0.1) is 0 Å². The van der Waals surface area contributed by atoms with E-state index in [1.807, 2.05) is 12.1 Å². The maximum absolute atomic E-state index is 13.5.